The van der Waals surface area contributed by atoms with Crippen molar-refractivity contribution in [1.82, 2.24) is 9.80 Å². The molecule has 2 aliphatic rings. The number of rotatable bonds is 2. The SMILES string of the molecule is C=C1C2=C(CN(C(=O)OC(C)(C)C)CC2)C(c2ccc(C)c(C(C)C)c2)=CN1C. The fraction of sp³-hybridized carbons (Fsp3) is 0.480. The Morgan fingerprint density at radius 2 is 1.90 bits per heavy atom. The summed E-state index contributed by atoms with van der Waals surface area (Å²) >= 11 is 0. The summed E-state index contributed by atoms with van der Waals surface area (Å²) in [5.74, 6) is 0.463. The van der Waals surface area contributed by atoms with Crippen LogP contribution in [0.4, 0.5) is 4.79 Å². The highest BCUT2D eigenvalue weighted by atomic mass is 16.6. The van der Waals surface area contributed by atoms with E-state index >= 15 is 0 Å². The summed E-state index contributed by atoms with van der Waals surface area (Å²) in [6.07, 6.45) is 2.69. The third kappa shape index (κ3) is 4.42. The molecule has 1 aromatic carbocycles. The molecule has 2 heterocycles. The van der Waals surface area contributed by atoms with Gasteiger partial charge in [0, 0.05) is 31.1 Å². The average molecular weight is 395 g/mol. The molecule has 0 atom stereocenters. The van der Waals surface area contributed by atoms with Crippen LogP contribution in [0, 0.1) is 6.92 Å². The Balaban J connectivity index is 1.99. The molecular weight excluding hydrogens is 360 g/mol. The maximum Gasteiger partial charge on any atom is 0.410 e. The van der Waals surface area contributed by atoms with Gasteiger partial charge in [0.1, 0.15) is 5.60 Å². The van der Waals surface area contributed by atoms with Gasteiger partial charge in [0.2, 0.25) is 0 Å². The van der Waals surface area contributed by atoms with Gasteiger partial charge in [-0.05, 0) is 67.9 Å². The predicted molar refractivity (Wildman–Crippen MR) is 120 cm³/mol. The van der Waals surface area contributed by atoms with Gasteiger partial charge in [0.25, 0.3) is 0 Å². The van der Waals surface area contributed by atoms with E-state index in [2.05, 4.69) is 56.6 Å². The first-order chi connectivity index (χ1) is 13.5. The van der Waals surface area contributed by atoms with E-state index in [4.69, 9.17) is 4.74 Å². The third-order valence-corrected chi connectivity index (χ3v) is 5.63. The second-order valence-electron chi connectivity index (χ2n) is 9.44. The lowest BCUT2D eigenvalue weighted by Crippen LogP contribution is -2.42. The number of allylic oxidation sites excluding steroid dienone is 1. The van der Waals surface area contributed by atoms with E-state index < -0.39 is 5.60 Å². The molecule has 0 fully saturated rings. The van der Waals surface area contributed by atoms with Crippen LogP contribution in [0.1, 0.15) is 63.6 Å². The molecule has 0 N–H and O–H groups in total. The molecule has 3 rings (SSSR count). The topological polar surface area (TPSA) is 32.8 Å². The van der Waals surface area contributed by atoms with Gasteiger partial charge >= 0.3 is 6.09 Å². The zero-order valence-corrected chi connectivity index (χ0v) is 18.9. The number of hydrogen-bond donors (Lipinski definition) is 0. The number of nitrogens with zero attached hydrogens (tertiary/aromatic N) is 2. The smallest absolute Gasteiger partial charge is 0.410 e. The Morgan fingerprint density at radius 1 is 1.21 bits per heavy atom. The van der Waals surface area contributed by atoms with E-state index in [1.807, 2.05) is 32.7 Å². The van der Waals surface area contributed by atoms with Crippen LogP contribution < -0.4 is 0 Å². The number of amides is 1. The van der Waals surface area contributed by atoms with Crippen molar-refractivity contribution in [2.45, 2.75) is 59.5 Å². The van der Waals surface area contributed by atoms with Crippen LogP contribution in [0.15, 0.2) is 47.8 Å². The molecule has 0 saturated heterocycles. The molecule has 1 amide bonds. The Morgan fingerprint density at radius 3 is 2.52 bits per heavy atom. The highest BCUT2D eigenvalue weighted by Crippen LogP contribution is 2.39. The molecule has 29 heavy (non-hydrogen) atoms. The van der Waals surface area contributed by atoms with Crippen LogP contribution in [0.2, 0.25) is 0 Å². The van der Waals surface area contributed by atoms with Gasteiger partial charge in [0.05, 0.1) is 6.54 Å². The van der Waals surface area contributed by atoms with Gasteiger partial charge in [-0.25, -0.2) is 4.79 Å². The van der Waals surface area contributed by atoms with E-state index in [1.54, 1.807) is 0 Å². The zero-order valence-electron chi connectivity index (χ0n) is 18.9. The van der Waals surface area contributed by atoms with Crippen LogP contribution in [0.5, 0.6) is 0 Å². The highest BCUT2D eigenvalue weighted by molar-refractivity contribution is 5.85. The second-order valence-corrected chi connectivity index (χ2v) is 9.44. The summed E-state index contributed by atoms with van der Waals surface area (Å²) in [6, 6.07) is 6.68. The van der Waals surface area contributed by atoms with Gasteiger partial charge in [-0.15, -0.1) is 0 Å². The zero-order chi connectivity index (χ0) is 21.5. The fourth-order valence-electron chi connectivity index (χ4n) is 4.05. The maximum atomic E-state index is 12.7. The molecular formula is C25H34N2O2. The summed E-state index contributed by atoms with van der Waals surface area (Å²) in [5, 5.41) is 0. The number of aryl methyl sites for hydroxylation is 1. The monoisotopic (exact) mass is 394 g/mol. The van der Waals surface area contributed by atoms with Gasteiger partial charge in [-0.2, -0.15) is 0 Å². The lowest BCUT2D eigenvalue weighted by molar-refractivity contribution is 0.0261. The van der Waals surface area contributed by atoms with Crippen LogP contribution in [-0.2, 0) is 4.74 Å². The summed E-state index contributed by atoms with van der Waals surface area (Å²) in [5.41, 5.74) is 7.99. The standard InChI is InChI=1S/C25H34N2O2/c1-16(2)21-13-19(10-9-17(21)3)22-14-26(8)18(4)20-11-12-27(15-23(20)22)24(28)29-25(5,6)7/h9-10,13-14,16H,4,11-12,15H2,1-3,5-8H3. The Kier molecular flexibility index (Phi) is 5.66. The van der Waals surface area contributed by atoms with Gasteiger partial charge in [0.15, 0.2) is 0 Å². The highest BCUT2D eigenvalue weighted by Gasteiger charge is 2.32. The molecule has 0 aromatic heterocycles. The first-order valence-corrected chi connectivity index (χ1v) is 10.4. The lowest BCUT2D eigenvalue weighted by Gasteiger charge is -2.38. The summed E-state index contributed by atoms with van der Waals surface area (Å²) in [6.45, 7) is 17.8. The molecule has 1 aromatic rings. The number of benzene rings is 1. The number of ether oxygens (including phenoxy) is 1. The molecule has 0 aliphatic carbocycles. The fourth-order valence-corrected chi connectivity index (χ4v) is 4.05. The maximum absolute atomic E-state index is 12.7. The van der Waals surface area contributed by atoms with Crippen molar-refractivity contribution < 1.29 is 9.53 Å². The van der Waals surface area contributed by atoms with Crippen molar-refractivity contribution >= 4 is 11.7 Å². The van der Waals surface area contributed by atoms with Crippen molar-refractivity contribution in [3.05, 3.63) is 64.5 Å². The Hall–Kier alpha value is -2.49. The minimum Gasteiger partial charge on any atom is -0.444 e. The van der Waals surface area contributed by atoms with E-state index in [-0.39, 0.29) is 6.09 Å². The predicted octanol–water partition coefficient (Wildman–Crippen LogP) is 5.86. The number of hydrogen-bond acceptors (Lipinski definition) is 3. The molecule has 4 heteroatoms. The van der Waals surface area contributed by atoms with E-state index in [0.717, 1.165) is 12.1 Å². The normalized spacial score (nSPS) is 17.5. The van der Waals surface area contributed by atoms with Crippen molar-refractivity contribution in [3.63, 3.8) is 0 Å². The Labute approximate surface area is 175 Å². The number of likely N-dealkylation sites (N-methyl/N-ethyl adjacent to an activating group) is 1. The first kappa shape index (κ1) is 21.2. The van der Waals surface area contributed by atoms with Gasteiger partial charge < -0.3 is 14.5 Å². The van der Waals surface area contributed by atoms with Crippen molar-refractivity contribution in [2.75, 3.05) is 20.1 Å². The Bertz CT molecular complexity index is 900. The number of carbonyl (C=O) groups is 1. The quantitative estimate of drug-likeness (QED) is 0.630. The molecule has 2 aliphatic heterocycles. The third-order valence-electron chi connectivity index (χ3n) is 5.63. The van der Waals surface area contributed by atoms with E-state index in [9.17, 15) is 4.79 Å². The average Bonchev–Trinajstić information content (AvgIpc) is 2.63. The summed E-state index contributed by atoms with van der Waals surface area (Å²) < 4.78 is 5.62. The van der Waals surface area contributed by atoms with Crippen LogP contribution in [-0.4, -0.2) is 41.6 Å². The molecule has 0 bridgehead atoms. The molecule has 0 spiro atoms. The summed E-state index contributed by atoms with van der Waals surface area (Å²) in [7, 11) is 2.05. The molecule has 0 radical (unpaired) electrons. The van der Waals surface area contributed by atoms with E-state index in [1.165, 1.54) is 33.4 Å². The van der Waals surface area contributed by atoms with E-state index in [0.29, 0.717) is 19.0 Å². The van der Waals surface area contributed by atoms with Crippen LogP contribution >= 0.6 is 0 Å². The van der Waals surface area contributed by atoms with Crippen LogP contribution in [0.3, 0.4) is 0 Å². The van der Waals surface area contributed by atoms with Crippen LogP contribution in [0.25, 0.3) is 5.57 Å². The molecule has 156 valence electrons. The molecule has 0 saturated carbocycles. The first-order valence-electron chi connectivity index (χ1n) is 10.4. The molecule has 4 nitrogen and oxygen atoms in total. The minimum atomic E-state index is -0.496. The molecule has 0 unspecified atom stereocenters. The number of carbonyl (C=O) groups excluding carboxylic acids is 1. The lowest BCUT2D eigenvalue weighted by atomic mass is 9.84. The van der Waals surface area contributed by atoms with Crippen molar-refractivity contribution in [1.29, 1.82) is 0 Å². The van der Waals surface area contributed by atoms with Gasteiger partial charge in [-0.3, -0.25) is 0 Å². The van der Waals surface area contributed by atoms with Gasteiger partial charge in [-0.1, -0.05) is 38.6 Å². The second kappa shape index (κ2) is 7.74. The summed E-state index contributed by atoms with van der Waals surface area (Å²) in [4.78, 5) is 16.6. The van der Waals surface area contributed by atoms with Crippen molar-refractivity contribution in [2.24, 2.45) is 0 Å². The van der Waals surface area contributed by atoms with Crippen molar-refractivity contribution in [3.8, 4) is 0 Å². The largest absolute Gasteiger partial charge is 0.444 e. The minimum absolute atomic E-state index is 0.250.